The zero-order chi connectivity index (χ0) is 7.49. The lowest BCUT2D eigenvalue weighted by Gasteiger charge is -2.06. The topological polar surface area (TPSA) is 98.3 Å². The van der Waals surface area contributed by atoms with Gasteiger partial charge in [-0.1, -0.05) is 0 Å². The minimum absolute atomic E-state index is 0. The molecule has 10 heavy (non-hydrogen) atoms. The van der Waals surface area contributed by atoms with Gasteiger partial charge in [0.2, 0.25) is 0 Å². The third kappa shape index (κ3) is 11.0. The molecule has 0 aromatic heterocycles. The fourth-order valence-electron chi connectivity index (χ4n) is 0.443. The van der Waals surface area contributed by atoms with Crippen LogP contribution in [0.4, 0.5) is 0 Å². The second kappa shape index (κ2) is 4.85. The first kappa shape index (κ1) is 12.8. The second-order valence-electron chi connectivity index (χ2n) is 2.54. The van der Waals surface area contributed by atoms with Gasteiger partial charge in [0.15, 0.2) is 7.37 Å². The Morgan fingerprint density at radius 2 is 2.10 bits per heavy atom. The summed E-state index contributed by atoms with van der Waals surface area (Å²) in [5.74, 6) is 0. The Bertz CT molecular complexity index is 121. The van der Waals surface area contributed by atoms with Gasteiger partial charge in [-0.25, -0.2) is 0 Å². The van der Waals surface area contributed by atoms with E-state index in [-0.39, 0.29) is 12.2 Å². The number of nitrogens with two attached hydrogens (primary N) is 1. The lowest BCUT2D eigenvalue weighted by molar-refractivity contribution is 0.480. The van der Waals surface area contributed by atoms with Gasteiger partial charge in [0.25, 0.3) is 0 Å². The smallest absolute Gasteiger partial charge is 0.197 e. The molecule has 2 atom stereocenters. The summed E-state index contributed by atoms with van der Waals surface area (Å²) in [4.78, 5) is 8.77. The molecule has 0 radical (unpaired) electrons. The number of hydrogen-bond acceptors (Lipinski definition) is 3. The largest absolute Gasteiger partial charge is 0.344 e. The Morgan fingerprint density at radius 1 is 1.70 bits per heavy atom. The van der Waals surface area contributed by atoms with E-state index >= 15 is 0 Å². The highest BCUT2D eigenvalue weighted by Crippen LogP contribution is 2.35. The monoisotopic (exact) mass is 168 g/mol. The summed E-state index contributed by atoms with van der Waals surface area (Å²) in [6.45, 7) is 3.19. The van der Waals surface area contributed by atoms with E-state index in [0.29, 0.717) is 12.6 Å². The molecule has 0 bridgehead atoms. The highest BCUT2D eigenvalue weighted by Gasteiger charge is 2.09. The molecular weight excluding hydrogens is 151 g/mol. The third-order valence-electron chi connectivity index (χ3n) is 0.999. The minimum Gasteiger partial charge on any atom is -0.344 e. The Hall–Kier alpha value is 0.110. The van der Waals surface area contributed by atoms with Crippen molar-refractivity contribution < 1.29 is 9.46 Å². The Balaban J connectivity index is 0. The van der Waals surface area contributed by atoms with Crippen molar-refractivity contribution in [2.75, 3.05) is 12.8 Å². The molecule has 1 unspecified atom stereocenters. The summed E-state index contributed by atoms with van der Waals surface area (Å²) in [5.41, 5.74) is 5.37. The molecule has 4 nitrogen and oxygen atoms in total. The molecule has 0 aromatic rings. The number of rotatable bonds is 3. The lowest BCUT2D eigenvalue weighted by atomic mass is 10.3. The molecular formula is C5H17N2O2P. The van der Waals surface area contributed by atoms with Gasteiger partial charge >= 0.3 is 0 Å². The van der Waals surface area contributed by atoms with Crippen LogP contribution < -0.4 is 11.9 Å². The predicted molar refractivity (Wildman–Crippen MR) is 43.9 cm³/mol. The molecule has 0 rings (SSSR count). The molecule has 0 amide bonds. The zero-order valence-corrected chi connectivity index (χ0v) is 7.47. The molecule has 0 aliphatic heterocycles. The first-order chi connectivity index (χ1) is 3.92. The van der Waals surface area contributed by atoms with E-state index in [0.717, 1.165) is 0 Å². The lowest BCUT2D eigenvalue weighted by Crippen LogP contribution is -2.16. The molecule has 0 saturated heterocycles. The Kier molecular flexibility index (Phi) is 6.19. The summed E-state index contributed by atoms with van der Waals surface area (Å²) in [6, 6.07) is 0.0328. The van der Waals surface area contributed by atoms with Crippen molar-refractivity contribution in [2.45, 2.75) is 19.4 Å². The van der Waals surface area contributed by atoms with Crippen LogP contribution in [-0.4, -0.2) is 23.8 Å². The summed E-state index contributed by atoms with van der Waals surface area (Å²) < 4.78 is 10.6. The molecule has 0 saturated carbocycles. The Labute approximate surface area is 61.8 Å². The molecule has 0 spiro atoms. The predicted octanol–water partition coefficient (Wildman–Crippen LogP) is 0.786. The van der Waals surface area contributed by atoms with Crippen molar-refractivity contribution in [3.05, 3.63) is 0 Å². The van der Waals surface area contributed by atoms with Gasteiger partial charge in [0.05, 0.1) is 0 Å². The van der Waals surface area contributed by atoms with Crippen LogP contribution in [-0.2, 0) is 4.57 Å². The van der Waals surface area contributed by atoms with Crippen LogP contribution in [0.1, 0.15) is 13.3 Å². The first-order valence-corrected chi connectivity index (χ1v) is 5.26. The third-order valence-corrected chi connectivity index (χ3v) is 2.09. The summed E-state index contributed by atoms with van der Waals surface area (Å²) in [5, 5.41) is 0. The zero-order valence-electron chi connectivity index (χ0n) is 6.58. The van der Waals surface area contributed by atoms with Crippen LogP contribution in [0.5, 0.6) is 0 Å². The molecule has 64 valence electrons. The van der Waals surface area contributed by atoms with E-state index in [1.807, 2.05) is 6.92 Å². The average molecular weight is 168 g/mol. The highest BCUT2D eigenvalue weighted by atomic mass is 31.2. The van der Waals surface area contributed by atoms with E-state index in [2.05, 4.69) is 0 Å². The maximum absolute atomic E-state index is 10.6. The van der Waals surface area contributed by atoms with Gasteiger partial charge in [0, 0.05) is 18.9 Å². The van der Waals surface area contributed by atoms with Crippen molar-refractivity contribution in [1.29, 1.82) is 0 Å². The second-order valence-corrected chi connectivity index (χ2v) is 5.09. The standard InChI is InChI=1S/C5H14NO2P.H3N/c1-5(6)3-4-9(2,7)8;/h5H,3-4,6H2,1-2H3,(H,7,8);1H3/t5-;/m0./s1. The molecule has 0 heterocycles. The van der Waals surface area contributed by atoms with Crippen LogP contribution in [0.2, 0.25) is 0 Å². The molecule has 0 aliphatic rings. The normalized spacial score (nSPS) is 18.8. The molecule has 6 N–H and O–H groups in total. The summed E-state index contributed by atoms with van der Waals surface area (Å²) >= 11 is 0. The van der Waals surface area contributed by atoms with Crippen LogP contribution in [0.3, 0.4) is 0 Å². The first-order valence-electron chi connectivity index (χ1n) is 2.96. The van der Waals surface area contributed by atoms with Crippen LogP contribution in [0, 0.1) is 0 Å². The average Bonchev–Trinajstić information content (AvgIpc) is 1.59. The van der Waals surface area contributed by atoms with E-state index in [4.69, 9.17) is 10.6 Å². The van der Waals surface area contributed by atoms with Gasteiger partial charge in [-0.15, -0.1) is 0 Å². The highest BCUT2D eigenvalue weighted by molar-refractivity contribution is 7.57. The SMILES string of the molecule is C[C@H](N)CCP(C)(=O)O.N. The minimum atomic E-state index is -2.80. The van der Waals surface area contributed by atoms with Crippen molar-refractivity contribution in [2.24, 2.45) is 5.73 Å². The molecule has 0 fully saturated rings. The van der Waals surface area contributed by atoms with E-state index < -0.39 is 7.37 Å². The van der Waals surface area contributed by atoms with Gasteiger partial charge in [-0.3, -0.25) is 4.57 Å². The molecule has 0 aliphatic carbocycles. The van der Waals surface area contributed by atoms with Gasteiger partial charge in [-0.2, -0.15) is 0 Å². The van der Waals surface area contributed by atoms with Crippen LogP contribution in [0.25, 0.3) is 0 Å². The number of hydrogen-bond donors (Lipinski definition) is 3. The Morgan fingerprint density at radius 3 is 2.20 bits per heavy atom. The van der Waals surface area contributed by atoms with Crippen molar-refractivity contribution in [3.8, 4) is 0 Å². The summed E-state index contributed by atoms with van der Waals surface area (Å²) in [6.07, 6.45) is 0.967. The van der Waals surface area contributed by atoms with Crippen molar-refractivity contribution in [3.63, 3.8) is 0 Å². The fraction of sp³-hybridized carbons (Fsp3) is 1.00. The van der Waals surface area contributed by atoms with E-state index in [1.165, 1.54) is 6.66 Å². The molecule has 0 aromatic carbocycles. The maximum Gasteiger partial charge on any atom is 0.197 e. The quantitative estimate of drug-likeness (QED) is 0.542. The maximum atomic E-state index is 10.6. The van der Waals surface area contributed by atoms with Crippen LogP contribution >= 0.6 is 7.37 Å². The van der Waals surface area contributed by atoms with Crippen molar-refractivity contribution >= 4 is 7.37 Å². The van der Waals surface area contributed by atoms with Gasteiger partial charge in [-0.05, 0) is 13.3 Å². The van der Waals surface area contributed by atoms with E-state index in [1.54, 1.807) is 0 Å². The van der Waals surface area contributed by atoms with E-state index in [9.17, 15) is 4.57 Å². The molecule has 5 heteroatoms. The van der Waals surface area contributed by atoms with Gasteiger partial charge < -0.3 is 16.8 Å². The fourth-order valence-corrected chi connectivity index (χ4v) is 1.33. The van der Waals surface area contributed by atoms with Crippen LogP contribution in [0.15, 0.2) is 0 Å². The van der Waals surface area contributed by atoms with Gasteiger partial charge in [0.1, 0.15) is 0 Å². The summed E-state index contributed by atoms with van der Waals surface area (Å²) in [7, 11) is -2.80. The van der Waals surface area contributed by atoms with Crippen molar-refractivity contribution in [1.82, 2.24) is 6.15 Å².